The number of rotatable bonds is 2. The molecule has 0 aromatic heterocycles. The number of carboxylic acids is 1. The van der Waals surface area contributed by atoms with Crippen LogP contribution in [0, 0.1) is 0 Å². The van der Waals surface area contributed by atoms with Gasteiger partial charge in [0.25, 0.3) is 0 Å². The fourth-order valence-electron chi connectivity index (χ4n) is 0.569. The van der Waals surface area contributed by atoms with E-state index in [9.17, 15) is 19.2 Å². The Kier molecular flexibility index (Phi) is 8.66. The van der Waals surface area contributed by atoms with E-state index in [1.54, 1.807) is 0 Å². The van der Waals surface area contributed by atoms with Crippen molar-refractivity contribution in [1.29, 1.82) is 0 Å². The molecule has 0 bridgehead atoms. The van der Waals surface area contributed by atoms with E-state index in [-0.39, 0.29) is 5.91 Å². The minimum absolute atomic E-state index is 0.329. The van der Waals surface area contributed by atoms with Crippen molar-refractivity contribution in [2.45, 2.75) is 33.7 Å². The molecular weight excluding hydrogens is 218 g/mol. The molecule has 0 saturated carbocycles. The number of amides is 1. The summed E-state index contributed by atoms with van der Waals surface area (Å²) in [6.07, 6.45) is 0. The van der Waals surface area contributed by atoms with Crippen LogP contribution in [0.25, 0.3) is 0 Å². The van der Waals surface area contributed by atoms with Gasteiger partial charge in [-0.05, 0) is 6.92 Å². The van der Waals surface area contributed by atoms with E-state index in [0.29, 0.717) is 0 Å². The number of carbonyl (C=O) groups excluding carboxylic acids is 3. The van der Waals surface area contributed by atoms with Gasteiger partial charge < -0.3 is 15.2 Å². The van der Waals surface area contributed by atoms with Crippen LogP contribution in [0.4, 0.5) is 0 Å². The number of esters is 2. The molecule has 0 rings (SSSR count). The molecule has 7 nitrogen and oxygen atoms in total. The first-order valence-electron chi connectivity index (χ1n) is 4.35. The largest absolute Gasteiger partial charge is 0.480 e. The molecule has 0 aliphatic carbocycles. The highest BCUT2D eigenvalue weighted by atomic mass is 16.6. The molecule has 1 unspecified atom stereocenters. The zero-order valence-corrected chi connectivity index (χ0v) is 9.57. The molecule has 0 radical (unpaired) electrons. The smallest absolute Gasteiger partial charge is 0.325 e. The quantitative estimate of drug-likeness (QED) is 0.500. The van der Waals surface area contributed by atoms with Gasteiger partial charge >= 0.3 is 17.9 Å². The summed E-state index contributed by atoms with van der Waals surface area (Å²) in [5, 5.41) is 10.4. The molecule has 0 aliphatic rings. The predicted octanol–water partition coefficient (Wildman–Crippen LogP) is -0.308. The van der Waals surface area contributed by atoms with Crippen molar-refractivity contribution in [1.82, 2.24) is 5.32 Å². The third-order valence-electron chi connectivity index (χ3n) is 1.08. The lowest BCUT2D eigenvalue weighted by Gasteiger charge is -2.04. The molecule has 0 aromatic carbocycles. The van der Waals surface area contributed by atoms with Crippen molar-refractivity contribution in [2.75, 3.05) is 0 Å². The van der Waals surface area contributed by atoms with E-state index >= 15 is 0 Å². The number of nitrogens with one attached hydrogen (secondary N) is 1. The Morgan fingerprint density at radius 3 is 1.50 bits per heavy atom. The maximum absolute atomic E-state index is 10.2. The number of carboxylic acid groups (broad SMARTS) is 1. The van der Waals surface area contributed by atoms with E-state index in [1.807, 2.05) is 0 Å². The fraction of sp³-hybridized carbons (Fsp3) is 0.556. The first kappa shape index (κ1) is 16.5. The summed E-state index contributed by atoms with van der Waals surface area (Å²) in [4.78, 5) is 39.8. The van der Waals surface area contributed by atoms with Crippen molar-refractivity contribution >= 4 is 23.8 Å². The van der Waals surface area contributed by atoms with Gasteiger partial charge in [-0.3, -0.25) is 19.2 Å². The molecule has 16 heavy (non-hydrogen) atoms. The van der Waals surface area contributed by atoms with Crippen molar-refractivity contribution in [3.8, 4) is 0 Å². The third-order valence-corrected chi connectivity index (χ3v) is 1.08. The van der Waals surface area contributed by atoms with Gasteiger partial charge in [0, 0.05) is 20.8 Å². The van der Waals surface area contributed by atoms with Crippen LogP contribution in [0.15, 0.2) is 0 Å². The van der Waals surface area contributed by atoms with Gasteiger partial charge in [0.15, 0.2) is 0 Å². The number of hydrogen-bond donors (Lipinski definition) is 2. The van der Waals surface area contributed by atoms with Gasteiger partial charge in [-0.15, -0.1) is 0 Å². The fourth-order valence-corrected chi connectivity index (χ4v) is 0.569. The minimum Gasteiger partial charge on any atom is -0.480 e. The summed E-state index contributed by atoms with van der Waals surface area (Å²) >= 11 is 0. The van der Waals surface area contributed by atoms with Gasteiger partial charge in [-0.25, -0.2) is 0 Å². The van der Waals surface area contributed by atoms with Gasteiger partial charge in [0.2, 0.25) is 5.91 Å². The van der Waals surface area contributed by atoms with Crippen LogP contribution < -0.4 is 5.32 Å². The SMILES string of the molecule is CC(=O)NC(C)C(=O)O.CC(=O)OC(C)=O. The van der Waals surface area contributed by atoms with Gasteiger partial charge in [-0.2, -0.15) is 0 Å². The zero-order valence-electron chi connectivity index (χ0n) is 9.57. The number of aliphatic carboxylic acids is 1. The monoisotopic (exact) mass is 233 g/mol. The first-order chi connectivity index (χ1) is 7.16. The highest BCUT2D eigenvalue weighted by molar-refractivity contribution is 5.82. The van der Waals surface area contributed by atoms with Crippen LogP contribution in [-0.4, -0.2) is 35.0 Å². The highest BCUT2D eigenvalue weighted by Crippen LogP contribution is 1.78. The van der Waals surface area contributed by atoms with Crippen LogP contribution in [0.2, 0.25) is 0 Å². The molecule has 92 valence electrons. The molecule has 1 atom stereocenters. The van der Waals surface area contributed by atoms with Crippen molar-refractivity contribution in [3.63, 3.8) is 0 Å². The van der Waals surface area contributed by atoms with E-state index in [1.165, 1.54) is 27.7 Å². The molecule has 0 saturated heterocycles. The molecule has 0 heterocycles. The van der Waals surface area contributed by atoms with Gasteiger partial charge in [0.1, 0.15) is 6.04 Å². The maximum atomic E-state index is 10.2. The van der Waals surface area contributed by atoms with Gasteiger partial charge in [0.05, 0.1) is 0 Å². The number of hydrogen-bond acceptors (Lipinski definition) is 5. The molecule has 1 amide bonds. The summed E-state index contributed by atoms with van der Waals surface area (Å²) in [6, 6.07) is -0.789. The molecule has 7 heteroatoms. The third kappa shape index (κ3) is 14.6. The number of carbonyl (C=O) groups is 4. The van der Waals surface area contributed by atoms with E-state index in [0.717, 1.165) is 0 Å². The normalized spacial score (nSPS) is 10.2. The van der Waals surface area contributed by atoms with Crippen LogP contribution in [-0.2, 0) is 23.9 Å². The predicted molar refractivity (Wildman–Crippen MR) is 53.4 cm³/mol. The zero-order chi connectivity index (χ0) is 13.3. The maximum Gasteiger partial charge on any atom is 0.325 e. The number of ether oxygens (including phenoxy) is 1. The lowest BCUT2D eigenvalue weighted by Crippen LogP contribution is -2.36. The summed E-state index contributed by atoms with van der Waals surface area (Å²) in [7, 11) is 0. The Labute approximate surface area is 92.8 Å². The second kappa shape index (κ2) is 8.39. The van der Waals surface area contributed by atoms with Gasteiger partial charge in [-0.1, -0.05) is 0 Å². The van der Waals surface area contributed by atoms with Crippen molar-refractivity contribution in [3.05, 3.63) is 0 Å². The Hall–Kier alpha value is -1.92. The van der Waals surface area contributed by atoms with Crippen LogP contribution >= 0.6 is 0 Å². The lowest BCUT2D eigenvalue weighted by molar-refractivity contribution is -0.156. The molecule has 0 aromatic rings. The standard InChI is InChI=1S/C5H9NO3.C4H6O3/c1-3(5(8)9)6-4(2)7;1-3(5)7-4(2)6/h3H,1-2H3,(H,6,7)(H,8,9);1-2H3. The Morgan fingerprint density at radius 2 is 1.44 bits per heavy atom. The summed E-state index contributed by atoms with van der Waals surface area (Å²) < 4.78 is 3.97. The topological polar surface area (TPSA) is 110 Å². The Bertz CT molecular complexity index is 274. The molecule has 0 spiro atoms. The van der Waals surface area contributed by atoms with Crippen LogP contribution in [0.5, 0.6) is 0 Å². The van der Waals surface area contributed by atoms with E-state index in [2.05, 4.69) is 10.1 Å². The average Bonchev–Trinajstić information content (AvgIpc) is 2.00. The van der Waals surface area contributed by atoms with Crippen molar-refractivity contribution in [2.24, 2.45) is 0 Å². The molecular formula is C9H15NO6. The second-order valence-electron chi connectivity index (χ2n) is 2.85. The summed E-state index contributed by atoms with van der Waals surface area (Å²) in [5.41, 5.74) is 0. The molecule has 0 fully saturated rings. The van der Waals surface area contributed by atoms with Crippen molar-refractivity contribution < 1.29 is 29.0 Å². The average molecular weight is 233 g/mol. The Balaban J connectivity index is 0. The minimum atomic E-state index is -1.02. The second-order valence-corrected chi connectivity index (χ2v) is 2.85. The lowest BCUT2D eigenvalue weighted by atomic mass is 10.3. The molecule has 2 N–H and O–H groups in total. The highest BCUT2D eigenvalue weighted by Gasteiger charge is 2.09. The van der Waals surface area contributed by atoms with E-state index in [4.69, 9.17) is 5.11 Å². The van der Waals surface area contributed by atoms with Crippen LogP contribution in [0.3, 0.4) is 0 Å². The van der Waals surface area contributed by atoms with Crippen LogP contribution in [0.1, 0.15) is 27.7 Å². The summed E-state index contributed by atoms with van der Waals surface area (Å²) in [6.45, 7) is 5.05. The summed E-state index contributed by atoms with van der Waals surface area (Å²) in [5.74, 6) is -2.48. The molecule has 0 aliphatic heterocycles. The Morgan fingerprint density at radius 1 is 1.06 bits per heavy atom. The van der Waals surface area contributed by atoms with E-state index < -0.39 is 23.9 Å². The first-order valence-corrected chi connectivity index (χ1v) is 4.35.